The molecule has 0 aliphatic carbocycles. The number of nitro groups is 1. The highest BCUT2D eigenvalue weighted by Crippen LogP contribution is 2.37. The summed E-state index contributed by atoms with van der Waals surface area (Å²) in [7, 11) is 1.56. The zero-order valence-electron chi connectivity index (χ0n) is 17.1. The second kappa shape index (κ2) is 9.50. The summed E-state index contributed by atoms with van der Waals surface area (Å²) in [6.45, 7) is 4.96. The number of rotatable bonds is 8. The first-order valence-corrected chi connectivity index (χ1v) is 9.79. The molecule has 0 heterocycles. The minimum absolute atomic E-state index is 0.0370. The minimum Gasteiger partial charge on any atom is -0.493 e. The van der Waals surface area contributed by atoms with E-state index in [9.17, 15) is 10.1 Å². The highest BCUT2D eigenvalue weighted by Gasteiger charge is 2.13. The summed E-state index contributed by atoms with van der Waals surface area (Å²) in [6, 6.07) is 16.1. The quantitative estimate of drug-likeness (QED) is 0.350. The molecule has 156 valence electrons. The van der Waals surface area contributed by atoms with E-state index in [1.165, 1.54) is 23.3 Å². The van der Waals surface area contributed by atoms with E-state index in [0.29, 0.717) is 23.1 Å². The van der Waals surface area contributed by atoms with Gasteiger partial charge in [-0.15, -0.1) is 0 Å². The van der Waals surface area contributed by atoms with Crippen molar-refractivity contribution in [3.8, 4) is 11.5 Å². The maximum atomic E-state index is 10.8. The summed E-state index contributed by atoms with van der Waals surface area (Å²) in [4.78, 5) is 10.3. The number of anilines is 1. The monoisotopic (exact) mass is 426 g/mol. The van der Waals surface area contributed by atoms with Crippen LogP contribution in [-0.4, -0.2) is 12.0 Å². The highest BCUT2D eigenvalue weighted by molar-refractivity contribution is 6.32. The summed E-state index contributed by atoms with van der Waals surface area (Å²) < 4.78 is 11.3. The Hall–Kier alpha value is -3.25. The molecule has 0 amide bonds. The fraction of sp³-hybridized carbons (Fsp3) is 0.217. The van der Waals surface area contributed by atoms with Crippen molar-refractivity contribution in [1.29, 1.82) is 0 Å². The van der Waals surface area contributed by atoms with Crippen molar-refractivity contribution in [2.24, 2.45) is 0 Å². The van der Waals surface area contributed by atoms with Gasteiger partial charge in [0, 0.05) is 24.4 Å². The molecule has 0 aromatic heterocycles. The Labute approximate surface area is 180 Å². The van der Waals surface area contributed by atoms with Crippen LogP contribution in [0.2, 0.25) is 5.02 Å². The van der Waals surface area contributed by atoms with Gasteiger partial charge < -0.3 is 14.8 Å². The maximum absolute atomic E-state index is 10.8. The Kier molecular flexibility index (Phi) is 6.79. The normalized spacial score (nSPS) is 10.5. The third-order valence-corrected chi connectivity index (χ3v) is 5.10. The molecule has 3 aromatic carbocycles. The van der Waals surface area contributed by atoms with E-state index in [2.05, 4.69) is 31.3 Å². The number of hydrogen-bond acceptors (Lipinski definition) is 5. The second-order valence-corrected chi connectivity index (χ2v) is 7.38. The largest absolute Gasteiger partial charge is 0.493 e. The van der Waals surface area contributed by atoms with Gasteiger partial charge >= 0.3 is 0 Å². The molecule has 0 fully saturated rings. The van der Waals surface area contributed by atoms with Crippen LogP contribution in [0.25, 0.3) is 0 Å². The van der Waals surface area contributed by atoms with Crippen LogP contribution in [-0.2, 0) is 13.2 Å². The Morgan fingerprint density at radius 3 is 2.37 bits per heavy atom. The van der Waals surface area contributed by atoms with Gasteiger partial charge in [0.15, 0.2) is 11.5 Å². The molecule has 0 aliphatic heterocycles. The molecule has 7 heteroatoms. The lowest BCUT2D eigenvalue weighted by atomic mass is 10.1. The zero-order chi connectivity index (χ0) is 21.7. The van der Waals surface area contributed by atoms with Crippen LogP contribution in [0.3, 0.4) is 0 Å². The topological polar surface area (TPSA) is 73.6 Å². The summed E-state index contributed by atoms with van der Waals surface area (Å²) in [5.41, 5.74) is 5.30. The van der Waals surface area contributed by atoms with Crippen LogP contribution < -0.4 is 14.8 Å². The van der Waals surface area contributed by atoms with Crippen molar-refractivity contribution in [3.63, 3.8) is 0 Å². The number of hydrogen-bond donors (Lipinski definition) is 1. The van der Waals surface area contributed by atoms with Gasteiger partial charge in [0.05, 0.1) is 17.1 Å². The number of nitrogens with one attached hydrogen (secondary N) is 1. The molecule has 0 unspecified atom stereocenters. The van der Waals surface area contributed by atoms with Gasteiger partial charge in [0.25, 0.3) is 5.69 Å². The van der Waals surface area contributed by atoms with Crippen molar-refractivity contribution < 1.29 is 14.4 Å². The average molecular weight is 427 g/mol. The number of halogens is 1. The number of benzene rings is 3. The smallest absolute Gasteiger partial charge is 0.269 e. The first kappa shape index (κ1) is 21.5. The number of non-ortho nitro benzene ring substituents is 1. The van der Waals surface area contributed by atoms with Crippen LogP contribution in [0.1, 0.15) is 22.3 Å². The van der Waals surface area contributed by atoms with Crippen molar-refractivity contribution in [3.05, 3.63) is 92.0 Å². The molecule has 3 aromatic rings. The van der Waals surface area contributed by atoms with Gasteiger partial charge in [-0.1, -0.05) is 17.7 Å². The molecule has 30 heavy (non-hydrogen) atoms. The molecular formula is C23H23ClN2O4. The molecule has 0 spiro atoms. The van der Waals surface area contributed by atoms with Crippen LogP contribution in [0.4, 0.5) is 11.4 Å². The summed E-state index contributed by atoms with van der Waals surface area (Å²) >= 11 is 6.45. The molecular weight excluding hydrogens is 404 g/mol. The number of methoxy groups -OCH3 is 1. The van der Waals surface area contributed by atoms with Gasteiger partial charge in [-0.2, -0.15) is 0 Å². The van der Waals surface area contributed by atoms with Crippen molar-refractivity contribution in [1.82, 2.24) is 0 Å². The number of ether oxygens (including phenoxy) is 2. The summed E-state index contributed by atoms with van der Waals surface area (Å²) in [6.07, 6.45) is 0. The Bertz CT molecular complexity index is 1050. The van der Waals surface area contributed by atoms with Crippen LogP contribution in [0.5, 0.6) is 11.5 Å². The van der Waals surface area contributed by atoms with Crippen molar-refractivity contribution in [2.45, 2.75) is 27.0 Å². The fourth-order valence-corrected chi connectivity index (χ4v) is 3.23. The SMILES string of the molecule is COc1cc(CNc2ccc(C)c(C)c2)cc(Cl)c1OCc1ccc([N+](=O)[O-])cc1. The Morgan fingerprint density at radius 1 is 1.00 bits per heavy atom. The van der Waals surface area contributed by atoms with Crippen molar-refractivity contribution in [2.75, 3.05) is 12.4 Å². The van der Waals surface area contributed by atoms with Gasteiger partial charge in [0.1, 0.15) is 6.61 Å². The van der Waals surface area contributed by atoms with E-state index in [1.807, 2.05) is 18.2 Å². The lowest BCUT2D eigenvalue weighted by Gasteiger charge is -2.15. The number of aryl methyl sites for hydroxylation is 2. The standard InChI is InChI=1S/C23H23ClN2O4/c1-15-4-7-19(10-16(15)2)25-13-18-11-21(24)23(22(12-18)29-3)30-14-17-5-8-20(9-6-17)26(27)28/h4-12,25H,13-14H2,1-3H3. The third kappa shape index (κ3) is 5.21. The second-order valence-electron chi connectivity index (χ2n) is 6.97. The fourth-order valence-electron chi connectivity index (χ4n) is 2.94. The Morgan fingerprint density at radius 2 is 1.73 bits per heavy atom. The van der Waals surface area contributed by atoms with E-state index >= 15 is 0 Å². The molecule has 0 radical (unpaired) electrons. The summed E-state index contributed by atoms with van der Waals surface area (Å²) in [5, 5.41) is 14.6. The number of nitro benzene ring substituents is 1. The zero-order valence-corrected chi connectivity index (χ0v) is 17.8. The number of nitrogens with zero attached hydrogens (tertiary/aromatic N) is 1. The first-order chi connectivity index (χ1) is 14.4. The van der Waals surface area contributed by atoms with Gasteiger partial charge in [-0.05, 0) is 72.5 Å². The van der Waals surface area contributed by atoms with E-state index < -0.39 is 4.92 Å². The van der Waals surface area contributed by atoms with Gasteiger partial charge in [-0.3, -0.25) is 10.1 Å². The average Bonchev–Trinajstić information content (AvgIpc) is 2.73. The highest BCUT2D eigenvalue weighted by atomic mass is 35.5. The van der Waals surface area contributed by atoms with Crippen molar-refractivity contribution >= 4 is 23.0 Å². The minimum atomic E-state index is -0.435. The van der Waals surface area contributed by atoms with E-state index in [0.717, 1.165) is 16.8 Å². The Balaban J connectivity index is 1.70. The van der Waals surface area contributed by atoms with Crippen LogP contribution in [0, 0.1) is 24.0 Å². The molecule has 0 saturated heterocycles. The molecule has 0 atom stereocenters. The first-order valence-electron chi connectivity index (χ1n) is 9.41. The van der Waals surface area contributed by atoms with E-state index in [4.69, 9.17) is 21.1 Å². The molecule has 0 aliphatic rings. The molecule has 1 N–H and O–H groups in total. The maximum Gasteiger partial charge on any atom is 0.269 e. The molecule has 0 bridgehead atoms. The molecule has 6 nitrogen and oxygen atoms in total. The third-order valence-electron chi connectivity index (χ3n) is 4.82. The van der Waals surface area contributed by atoms with Gasteiger partial charge in [-0.25, -0.2) is 0 Å². The lowest BCUT2D eigenvalue weighted by Crippen LogP contribution is -2.03. The predicted octanol–water partition coefficient (Wildman–Crippen LogP) is 6.06. The van der Waals surface area contributed by atoms with Gasteiger partial charge in [0.2, 0.25) is 0 Å². The predicted molar refractivity (Wildman–Crippen MR) is 119 cm³/mol. The van der Waals surface area contributed by atoms with E-state index in [1.54, 1.807) is 19.2 Å². The summed E-state index contributed by atoms with van der Waals surface area (Å²) in [5.74, 6) is 0.966. The van der Waals surface area contributed by atoms with Crippen LogP contribution >= 0.6 is 11.6 Å². The van der Waals surface area contributed by atoms with E-state index in [-0.39, 0.29) is 12.3 Å². The molecule has 0 saturated carbocycles. The molecule has 3 rings (SSSR count). The lowest BCUT2D eigenvalue weighted by molar-refractivity contribution is -0.384. The van der Waals surface area contributed by atoms with Crippen LogP contribution in [0.15, 0.2) is 54.6 Å².